The molecule has 0 aliphatic carbocycles. The largest absolute Gasteiger partial charge is 0.311 e. The van der Waals surface area contributed by atoms with Crippen molar-refractivity contribution in [2.24, 2.45) is 0 Å². The van der Waals surface area contributed by atoms with Crippen LogP contribution in [0.2, 0.25) is 0 Å². The lowest BCUT2D eigenvalue weighted by Crippen LogP contribution is -2.48. The van der Waals surface area contributed by atoms with Gasteiger partial charge in [0.2, 0.25) is 0 Å². The average molecular weight is 329 g/mol. The maximum atomic E-state index is 3.71. The fourth-order valence-electron chi connectivity index (χ4n) is 2.72. The highest BCUT2D eigenvalue weighted by molar-refractivity contribution is 7.98. The maximum Gasteiger partial charge on any atom is 0.0297 e. The lowest BCUT2D eigenvalue weighted by Gasteiger charge is -2.31. The Morgan fingerprint density at radius 3 is 2.26 bits per heavy atom. The molecule has 0 spiro atoms. The lowest BCUT2D eigenvalue weighted by atomic mass is 10.0. The van der Waals surface area contributed by atoms with Crippen molar-refractivity contribution in [1.82, 2.24) is 10.6 Å². The Morgan fingerprint density at radius 1 is 1.00 bits per heavy atom. The predicted molar refractivity (Wildman–Crippen MR) is 102 cm³/mol. The van der Waals surface area contributed by atoms with Gasteiger partial charge in [0.05, 0.1) is 0 Å². The monoisotopic (exact) mass is 328 g/mol. The van der Waals surface area contributed by atoms with Crippen LogP contribution < -0.4 is 10.6 Å². The molecular formula is C20H28N2S. The molecule has 1 atom stereocenters. The fourth-order valence-corrected chi connectivity index (χ4v) is 3.13. The number of rotatable bonds is 8. The average Bonchev–Trinajstić information content (AvgIpc) is 2.55. The molecule has 2 nitrogen and oxygen atoms in total. The first-order valence-electron chi connectivity index (χ1n) is 8.16. The van der Waals surface area contributed by atoms with Crippen LogP contribution in [-0.2, 0) is 6.54 Å². The number of hydrogen-bond donors (Lipinski definition) is 2. The van der Waals surface area contributed by atoms with Crippen LogP contribution in [-0.4, -0.2) is 18.3 Å². The SMILES string of the molecule is CSc1ccc(CNCC(C)(C)NC(C)c2ccccc2)cc1. The molecule has 0 saturated heterocycles. The van der Waals surface area contributed by atoms with E-state index in [9.17, 15) is 0 Å². The number of benzene rings is 2. The summed E-state index contributed by atoms with van der Waals surface area (Å²) in [7, 11) is 0. The van der Waals surface area contributed by atoms with Crippen LogP contribution in [0.15, 0.2) is 59.5 Å². The molecule has 1 unspecified atom stereocenters. The molecule has 0 saturated carbocycles. The van der Waals surface area contributed by atoms with Gasteiger partial charge in [0.25, 0.3) is 0 Å². The van der Waals surface area contributed by atoms with Crippen LogP contribution in [0.1, 0.15) is 37.9 Å². The Labute approximate surface area is 145 Å². The summed E-state index contributed by atoms with van der Waals surface area (Å²) < 4.78 is 0. The minimum Gasteiger partial charge on any atom is -0.311 e. The standard InChI is InChI=1S/C20H28N2S/c1-16(18-8-6-5-7-9-18)22-20(2,3)15-21-14-17-10-12-19(23-4)13-11-17/h5-13,16,21-22H,14-15H2,1-4H3. The summed E-state index contributed by atoms with van der Waals surface area (Å²) in [5.41, 5.74) is 2.69. The zero-order valence-corrected chi connectivity index (χ0v) is 15.4. The molecular weight excluding hydrogens is 300 g/mol. The highest BCUT2D eigenvalue weighted by atomic mass is 32.2. The van der Waals surface area contributed by atoms with Gasteiger partial charge < -0.3 is 10.6 Å². The molecule has 0 fully saturated rings. The first-order valence-corrected chi connectivity index (χ1v) is 9.39. The van der Waals surface area contributed by atoms with Crippen molar-refractivity contribution < 1.29 is 0 Å². The maximum absolute atomic E-state index is 3.71. The normalized spacial score (nSPS) is 13.0. The third-order valence-electron chi connectivity index (χ3n) is 3.96. The summed E-state index contributed by atoms with van der Waals surface area (Å²) >= 11 is 1.78. The molecule has 0 amide bonds. The third-order valence-corrected chi connectivity index (χ3v) is 4.71. The fraction of sp³-hybridized carbons (Fsp3) is 0.400. The van der Waals surface area contributed by atoms with Crippen LogP contribution in [0.5, 0.6) is 0 Å². The van der Waals surface area contributed by atoms with Gasteiger partial charge in [-0.1, -0.05) is 42.5 Å². The molecule has 23 heavy (non-hydrogen) atoms. The smallest absolute Gasteiger partial charge is 0.0297 e. The van der Waals surface area contributed by atoms with E-state index in [1.54, 1.807) is 11.8 Å². The molecule has 0 aliphatic rings. The van der Waals surface area contributed by atoms with Gasteiger partial charge in [0, 0.05) is 29.6 Å². The van der Waals surface area contributed by atoms with Crippen molar-refractivity contribution in [2.45, 2.75) is 43.8 Å². The molecule has 2 aromatic carbocycles. The molecule has 2 rings (SSSR count). The molecule has 0 aliphatic heterocycles. The van der Waals surface area contributed by atoms with Crippen LogP contribution in [0.4, 0.5) is 0 Å². The van der Waals surface area contributed by atoms with E-state index in [1.807, 2.05) is 0 Å². The van der Waals surface area contributed by atoms with E-state index >= 15 is 0 Å². The summed E-state index contributed by atoms with van der Waals surface area (Å²) in [5.74, 6) is 0. The van der Waals surface area contributed by atoms with Crippen LogP contribution in [0, 0.1) is 0 Å². The zero-order chi connectivity index (χ0) is 16.7. The van der Waals surface area contributed by atoms with Crippen molar-refractivity contribution in [1.29, 1.82) is 0 Å². The van der Waals surface area contributed by atoms with Crippen molar-refractivity contribution in [3.8, 4) is 0 Å². The van der Waals surface area contributed by atoms with E-state index < -0.39 is 0 Å². The van der Waals surface area contributed by atoms with Gasteiger partial charge in [0.1, 0.15) is 0 Å². The predicted octanol–water partition coefficient (Wildman–Crippen LogP) is 4.63. The Morgan fingerprint density at radius 2 is 1.65 bits per heavy atom. The minimum atomic E-state index is 0.0362. The Kier molecular flexibility index (Phi) is 6.70. The molecule has 0 bridgehead atoms. The molecule has 2 N–H and O–H groups in total. The summed E-state index contributed by atoms with van der Waals surface area (Å²) in [6, 6.07) is 19.7. The lowest BCUT2D eigenvalue weighted by molar-refractivity contribution is 0.330. The summed E-state index contributed by atoms with van der Waals surface area (Å²) in [5, 5.41) is 7.28. The van der Waals surface area contributed by atoms with Crippen LogP contribution in [0.3, 0.4) is 0 Å². The van der Waals surface area contributed by atoms with Crippen molar-refractivity contribution in [3.63, 3.8) is 0 Å². The minimum absolute atomic E-state index is 0.0362. The van der Waals surface area contributed by atoms with Gasteiger partial charge in [0.15, 0.2) is 0 Å². The Bertz CT molecular complexity index is 578. The van der Waals surface area contributed by atoms with Crippen LogP contribution in [0.25, 0.3) is 0 Å². The summed E-state index contributed by atoms with van der Waals surface area (Å²) in [6.07, 6.45) is 2.11. The summed E-state index contributed by atoms with van der Waals surface area (Å²) in [6.45, 7) is 8.54. The molecule has 3 heteroatoms. The quantitative estimate of drug-likeness (QED) is 0.691. The molecule has 124 valence electrons. The second kappa shape index (κ2) is 8.53. The highest BCUT2D eigenvalue weighted by Crippen LogP contribution is 2.17. The van der Waals surface area contributed by atoms with E-state index in [0.29, 0.717) is 6.04 Å². The van der Waals surface area contributed by atoms with E-state index in [1.165, 1.54) is 16.0 Å². The Balaban J connectivity index is 1.81. The molecule has 0 aromatic heterocycles. The van der Waals surface area contributed by atoms with E-state index in [4.69, 9.17) is 0 Å². The van der Waals surface area contributed by atoms with Crippen molar-refractivity contribution in [3.05, 3.63) is 65.7 Å². The highest BCUT2D eigenvalue weighted by Gasteiger charge is 2.20. The van der Waals surface area contributed by atoms with E-state index in [-0.39, 0.29) is 5.54 Å². The van der Waals surface area contributed by atoms with Gasteiger partial charge in [-0.2, -0.15) is 0 Å². The van der Waals surface area contributed by atoms with Crippen LogP contribution >= 0.6 is 11.8 Å². The summed E-state index contributed by atoms with van der Waals surface area (Å²) in [4.78, 5) is 1.31. The molecule has 0 heterocycles. The number of hydrogen-bond acceptors (Lipinski definition) is 3. The Hall–Kier alpha value is -1.29. The van der Waals surface area contributed by atoms with E-state index in [0.717, 1.165) is 13.1 Å². The zero-order valence-electron chi connectivity index (χ0n) is 14.6. The van der Waals surface area contributed by atoms with Gasteiger partial charge in [-0.3, -0.25) is 0 Å². The number of thioether (sulfide) groups is 1. The number of nitrogens with one attached hydrogen (secondary N) is 2. The van der Waals surface area contributed by atoms with Gasteiger partial charge in [-0.15, -0.1) is 11.8 Å². The van der Waals surface area contributed by atoms with Gasteiger partial charge in [-0.05, 0) is 50.3 Å². The topological polar surface area (TPSA) is 24.1 Å². The molecule has 0 radical (unpaired) electrons. The van der Waals surface area contributed by atoms with E-state index in [2.05, 4.69) is 92.3 Å². The molecule has 2 aromatic rings. The third kappa shape index (κ3) is 6.02. The first-order chi connectivity index (χ1) is 11.0. The first kappa shape index (κ1) is 18.1. The van der Waals surface area contributed by atoms with Crippen molar-refractivity contribution >= 4 is 11.8 Å². The second-order valence-corrected chi connectivity index (χ2v) is 7.49. The van der Waals surface area contributed by atoms with Crippen molar-refractivity contribution in [2.75, 3.05) is 12.8 Å². The second-order valence-electron chi connectivity index (χ2n) is 6.61. The van der Waals surface area contributed by atoms with Gasteiger partial charge >= 0.3 is 0 Å². The van der Waals surface area contributed by atoms with Gasteiger partial charge in [-0.25, -0.2) is 0 Å².